The van der Waals surface area contributed by atoms with Gasteiger partial charge in [0.05, 0.1) is 11.7 Å². The van der Waals surface area contributed by atoms with E-state index in [0.29, 0.717) is 13.0 Å². The smallest absolute Gasteiger partial charge is 0.257 e. The third-order valence-electron chi connectivity index (χ3n) is 4.66. The Morgan fingerprint density at radius 2 is 1.91 bits per heavy atom. The average Bonchev–Trinajstić information content (AvgIpc) is 3.23. The first kappa shape index (κ1) is 15.9. The van der Waals surface area contributed by atoms with Gasteiger partial charge < -0.3 is 14.5 Å². The zero-order chi connectivity index (χ0) is 16.4. The van der Waals surface area contributed by atoms with Gasteiger partial charge in [-0.1, -0.05) is 12.1 Å². The van der Waals surface area contributed by atoms with Gasteiger partial charge in [0.2, 0.25) is 5.91 Å². The molecule has 2 aliphatic rings. The molecule has 1 aromatic rings. The molecule has 2 fully saturated rings. The summed E-state index contributed by atoms with van der Waals surface area (Å²) >= 11 is 0. The number of carbonyl (C=O) groups is 2. The Kier molecular flexibility index (Phi) is 4.61. The number of halogens is 1. The Morgan fingerprint density at radius 1 is 1.22 bits per heavy atom. The summed E-state index contributed by atoms with van der Waals surface area (Å²) < 4.78 is 19.3. The van der Waals surface area contributed by atoms with Crippen LogP contribution in [0.25, 0.3) is 0 Å². The van der Waals surface area contributed by atoms with E-state index in [2.05, 4.69) is 0 Å². The highest BCUT2D eigenvalue weighted by atomic mass is 19.1. The molecule has 0 bridgehead atoms. The van der Waals surface area contributed by atoms with Crippen LogP contribution in [0, 0.1) is 5.82 Å². The third kappa shape index (κ3) is 3.08. The van der Waals surface area contributed by atoms with Gasteiger partial charge in [-0.2, -0.15) is 0 Å². The number of nitrogens with zero attached hydrogens (tertiary/aromatic N) is 2. The van der Waals surface area contributed by atoms with Crippen LogP contribution in [-0.2, 0) is 9.53 Å². The van der Waals surface area contributed by atoms with Crippen LogP contribution in [0.4, 0.5) is 4.39 Å². The van der Waals surface area contributed by atoms with Crippen molar-refractivity contribution < 1.29 is 18.7 Å². The maximum atomic E-state index is 13.9. The van der Waals surface area contributed by atoms with Crippen LogP contribution in [0.15, 0.2) is 24.3 Å². The Bertz CT molecular complexity index is 601. The van der Waals surface area contributed by atoms with Gasteiger partial charge in [0.1, 0.15) is 11.9 Å². The zero-order valence-electron chi connectivity index (χ0n) is 13.2. The largest absolute Gasteiger partial charge is 0.380 e. The number of amides is 2. The minimum Gasteiger partial charge on any atom is -0.380 e. The van der Waals surface area contributed by atoms with Crippen molar-refractivity contribution in [2.75, 3.05) is 26.7 Å². The first-order chi connectivity index (χ1) is 11.1. The van der Waals surface area contributed by atoms with Crippen LogP contribution in [0.5, 0.6) is 0 Å². The molecule has 3 rings (SSSR count). The third-order valence-corrected chi connectivity index (χ3v) is 4.66. The van der Waals surface area contributed by atoms with Crippen molar-refractivity contribution in [3.8, 4) is 0 Å². The molecule has 5 nitrogen and oxygen atoms in total. The molecule has 0 aliphatic carbocycles. The monoisotopic (exact) mass is 320 g/mol. The maximum Gasteiger partial charge on any atom is 0.257 e. The van der Waals surface area contributed by atoms with Crippen LogP contribution in [0.2, 0.25) is 0 Å². The number of hydrogen-bond acceptors (Lipinski definition) is 3. The van der Waals surface area contributed by atoms with E-state index in [1.54, 1.807) is 24.1 Å². The molecule has 0 spiro atoms. The van der Waals surface area contributed by atoms with Gasteiger partial charge in [0, 0.05) is 33.2 Å². The molecule has 124 valence electrons. The minimum absolute atomic E-state index is 0.00322. The Morgan fingerprint density at radius 3 is 2.57 bits per heavy atom. The number of methoxy groups -OCH3 is 1. The lowest BCUT2D eigenvalue weighted by molar-refractivity contribution is -0.134. The number of carbonyl (C=O) groups excluding carboxylic acids is 2. The van der Waals surface area contributed by atoms with Crippen molar-refractivity contribution in [1.29, 1.82) is 0 Å². The SMILES string of the molecule is CO[C@H]1C[C@@H](C(=O)N2CCCC2)N(C(=O)c2ccccc2F)C1. The van der Waals surface area contributed by atoms with E-state index in [9.17, 15) is 14.0 Å². The predicted octanol–water partition coefficient (Wildman–Crippen LogP) is 1.68. The summed E-state index contributed by atoms with van der Waals surface area (Å²) in [5, 5.41) is 0. The zero-order valence-corrected chi connectivity index (χ0v) is 13.2. The van der Waals surface area contributed by atoms with E-state index in [0.717, 1.165) is 25.9 Å². The summed E-state index contributed by atoms with van der Waals surface area (Å²) in [5.41, 5.74) is 0.00322. The van der Waals surface area contributed by atoms with Gasteiger partial charge in [0.15, 0.2) is 0 Å². The van der Waals surface area contributed by atoms with Gasteiger partial charge >= 0.3 is 0 Å². The van der Waals surface area contributed by atoms with E-state index in [4.69, 9.17) is 4.74 Å². The van der Waals surface area contributed by atoms with E-state index in [1.807, 2.05) is 0 Å². The highest BCUT2D eigenvalue weighted by Gasteiger charge is 2.42. The number of ether oxygens (including phenoxy) is 1. The fourth-order valence-electron chi connectivity index (χ4n) is 3.36. The highest BCUT2D eigenvalue weighted by Crippen LogP contribution is 2.26. The summed E-state index contributed by atoms with van der Waals surface area (Å²) in [4.78, 5) is 28.7. The number of hydrogen-bond donors (Lipinski definition) is 0. The molecule has 2 aliphatic heterocycles. The molecule has 0 unspecified atom stereocenters. The van der Waals surface area contributed by atoms with Crippen LogP contribution in [0.3, 0.4) is 0 Å². The van der Waals surface area contributed by atoms with Crippen molar-refractivity contribution in [3.05, 3.63) is 35.6 Å². The van der Waals surface area contributed by atoms with Crippen molar-refractivity contribution >= 4 is 11.8 Å². The van der Waals surface area contributed by atoms with Gasteiger partial charge in [-0.25, -0.2) is 4.39 Å². The number of rotatable bonds is 3. The second kappa shape index (κ2) is 6.66. The first-order valence-corrected chi connectivity index (χ1v) is 7.99. The lowest BCUT2D eigenvalue weighted by atomic mass is 10.1. The molecule has 0 aromatic heterocycles. The molecule has 2 saturated heterocycles. The number of benzene rings is 1. The van der Waals surface area contributed by atoms with Crippen molar-refractivity contribution in [3.63, 3.8) is 0 Å². The molecule has 2 amide bonds. The quantitative estimate of drug-likeness (QED) is 0.851. The van der Waals surface area contributed by atoms with Gasteiger partial charge in [-0.05, 0) is 25.0 Å². The van der Waals surface area contributed by atoms with Crippen LogP contribution in [0.1, 0.15) is 29.6 Å². The van der Waals surface area contributed by atoms with Gasteiger partial charge in [-0.15, -0.1) is 0 Å². The number of likely N-dealkylation sites (tertiary alicyclic amines) is 2. The Balaban J connectivity index is 1.84. The second-order valence-electron chi connectivity index (χ2n) is 6.08. The lowest BCUT2D eigenvalue weighted by Gasteiger charge is -2.27. The standard InChI is InChI=1S/C17H21FN2O3/c1-23-12-10-15(17(22)19-8-4-5-9-19)20(11-12)16(21)13-6-2-3-7-14(13)18/h2-3,6-7,12,15H,4-5,8-11H2,1H3/t12-,15-/m0/s1. The summed E-state index contributed by atoms with van der Waals surface area (Å²) in [6.07, 6.45) is 2.26. The van der Waals surface area contributed by atoms with Gasteiger partial charge in [0.25, 0.3) is 5.91 Å². The molecule has 0 saturated carbocycles. The van der Waals surface area contributed by atoms with Crippen LogP contribution < -0.4 is 0 Å². The average molecular weight is 320 g/mol. The van der Waals surface area contributed by atoms with E-state index in [1.165, 1.54) is 17.0 Å². The topological polar surface area (TPSA) is 49.9 Å². The molecule has 1 aromatic carbocycles. The van der Waals surface area contributed by atoms with E-state index in [-0.39, 0.29) is 17.6 Å². The van der Waals surface area contributed by atoms with E-state index < -0.39 is 17.8 Å². The Hall–Kier alpha value is -1.95. The fourth-order valence-corrected chi connectivity index (χ4v) is 3.36. The second-order valence-corrected chi connectivity index (χ2v) is 6.08. The first-order valence-electron chi connectivity index (χ1n) is 7.99. The molecule has 2 atom stereocenters. The molecule has 23 heavy (non-hydrogen) atoms. The molecular weight excluding hydrogens is 299 g/mol. The summed E-state index contributed by atoms with van der Waals surface area (Å²) in [5.74, 6) is -1.06. The van der Waals surface area contributed by atoms with Gasteiger partial charge in [-0.3, -0.25) is 9.59 Å². The van der Waals surface area contributed by atoms with Crippen molar-refractivity contribution in [2.24, 2.45) is 0 Å². The lowest BCUT2D eigenvalue weighted by Crippen LogP contribution is -2.47. The Labute approximate surface area is 135 Å². The van der Waals surface area contributed by atoms with Crippen LogP contribution in [-0.4, -0.2) is 60.5 Å². The fraction of sp³-hybridized carbons (Fsp3) is 0.529. The maximum absolute atomic E-state index is 13.9. The predicted molar refractivity (Wildman–Crippen MR) is 82.5 cm³/mol. The molecule has 0 radical (unpaired) electrons. The van der Waals surface area contributed by atoms with E-state index >= 15 is 0 Å². The molecule has 0 N–H and O–H groups in total. The van der Waals surface area contributed by atoms with Crippen LogP contribution >= 0.6 is 0 Å². The van der Waals surface area contributed by atoms with Crippen molar-refractivity contribution in [1.82, 2.24) is 9.80 Å². The van der Waals surface area contributed by atoms with Crippen molar-refractivity contribution in [2.45, 2.75) is 31.4 Å². The highest BCUT2D eigenvalue weighted by molar-refractivity contribution is 5.98. The normalized spacial score (nSPS) is 24.3. The minimum atomic E-state index is -0.565. The molecular formula is C17H21FN2O3. The molecule has 2 heterocycles. The summed E-state index contributed by atoms with van der Waals surface area (Å²) in [7, 11) is 1.57. The molecule has 6 heteroatoms. The summed E-state index contributed by atoms with van der Waals surface area (Å²) in [6.45, 7) is 1.78. The summed E-state index contributed by atoms with van der Waals surface area (Å²) in [6, 6.07) is 5.31.